The van der Waals surface area contributed by atoms with Gasteiger partial charge in [-0.25, -0.2) is 4.79 Å². The Kier molecular flexibility index (Phi) is 4.79. The molecule has 6 heteroatoms. The van der Waals surface area contributed by atoms with Crippen molar-refractivity contribution in [3.8, 4) is 0 Å². The van der Waals surface area contributed by atoms with Crippen LogP contribution in [0.15, 0.2) is 54.7 Å². The minimum absolute atomic E-state index is 0.0144. The number of aryl methyl sites for hydroxylation is 2. The molecular weight excluding hydrogens is 320 g/mol. The lowest BCUT2D eigenvalue weighted by atomic mass is 10.1. The van der Waals surface area contributed by atoms with Crippen LogP contribution in [-0.4, -0.2) is 21.9 Å². The topological polar surface area (TPSA) is 73.8 Å². The van der Waals surface area contributed by atoms with Gasteiger partial charge in [-0.1, -0.05) is 30.3 Å². The zero-order valence-corrected chi connectivity index (χ0v) is 13.8. The average molecular weight is 338 g/mol. The Morgan fingerprint density at radius 3 is 2.60 bits per heavy atom. The maximum atomic E-state index is 12.2. The molecular formula is C19H18N2O4. The standard InChI is InChI=1S/C19H18N2O4/c1-2-25-19(22)17-12-15(9-8-14-6-4-3-5-7-14)20-13-16(21(23)24)10-11-18(17)20/h3-7,10-13H,2,8-9H2,1H3. The zero-order chi connectivity index (χ0) is 17.8. The van der Waals surface area contributed by atoms with Gasteiger partial charge in [0.2, 0.25) is 0 Å². The molecule has 0 radical (unpaired) electrons. The molecule has 2 heterocycles. The third-order valence-electron chi connectivity index (χ3n) is 4.05. The van der Waals surface area contributed by atoms with Gasteiger partial charge in [-0.2, -0.15) is 0 Å². The van der Waals surface area contributed by atoms with E-state index in [1.54, 1.807) is 23.5 Å². The molecule has 3 rings (SSSR count). The first kappa shape index (κ1) is 16.7. The molecule has 0 N–H and O–H groups in total. The number of carbonyl (C=O) groups excluding carboxylic acids is 1. The molecule has 0 saturated heterocycles. The summed E-state index contributed by atoms with van der Waals surface area (Å²) in [5.41, 5.74) is 3.04. The second kappa shape index (κ2) is 7.17. The van der Waals surface area contributed by atoms with E-state index >= 15 is 0 Å². The number of hydrogen-bond donors (Lipinski definition) is 0. The van der Waals surface area contributed by atoms with Crippen molar-refractivity contribution in [1.29, 1.82) is 0 Å². The number of pyridine rings is 1. The van der Waals surface area contributed by atoms with E-state index in [9.17, 15) is 14.9 Å². The summed E-state index contributed by atoms with van der Waals surface area (Å²) < 4.78 is 6.82. The summed E-state index contributed by atoms with van der Waals surface area (Å²) in [7, 11) is 0. The van der Waals surface area contributed by atoms with Crippen LogP contribution in [0.3, 0.4) is 0 Å². The largest absolute Gasteiger partial charge is 0.462 e. The Hall–Kier alpha value is -3.15. The third kappa shape index (κ3) is 3.52. The van der Waals surface area contributed by atoms with E-state index in [1.807, 2.05) is 30.3 Å². The summed E-state index contributed by atoms with van der Waals surface area (Å²) in [6.45, 7) is 2.03. The van der Waals surface area contributed by atoms with E-state index in [-0.39, 0.29) is 12.3 Å². The zero-order valence-electron chi connectivity index (χ0n) is 13.8. The van der Waals surface area contributed by atoms with Crippen LogP contribution >= 0.6 is 0 Å². The van der Waals surface area contributed by atoms with Gasteiger partial charge in [0.1, 0.15) is 0 Å². The molecule has 1 aromatic carbocycles. The normalized spacial score (nSPS) is 10.8. The van der Waals surface area contributed by atoms with Gasteiger partial charge in [-0.15, -0.1) is 0 Å². The van der Waals surface area contributed by atoms with Gasteiger partial charge in [0, 0.05) is 11.8 Å². The summed E-state index contributed by atoms with van der Waals surface area (Å²) in [6, 6.07) is 14.7. The fourth-order valence-electron chi connectivity index (χ4n) is 2.85. The molecule has 25 heavy (non-hydrogen) atoms. The summed E-state index contributed by atoms with van der Waals surface area (Å²) in [5.74, 6) is -0.417. The molecule has 6 nitrogen and oxygen atoms in total. The molecule has 0 saturated carbocycles. The number of nitrogens with zero attached hydrogens (tertiary/aromatic N) is 2. The highest BCUT2D eigenvalue weighted by Gasteiger charge is 2.18. The van der Waals surface area contributed by atoms with Gasteiger partial charge in [-0.3, -0.25) is 10.1 Å². The lowest BCUT2D eigenvalue weighted by Gasteiger charge is -2.04. The van der Waals surface area contributed by atoms with Gasteiger partial charge in [0.15, 0.2) is 0 Å². The van der Waals surface area contributed by atoms with Gasteiger partial charge >= 0.3 is 5.97 Å². The predicted molar refractivity (Wildman–Crippen MR) is 93.9 cm³/mol. The fraction of sp³-hybridized carbons (Fsp3) is 0.211. The molecule has 0 aliphatic heterocycles. The molecule has 0 unspecified atom stereocenters. The number of esters is 1. The van der Waals surface area contributed by atoms with Crippen molar-refractivity contribution in [2.75, 3.05) is 6.61 Å². The highest BCUT2D eigenvalue weighted by Crippen LogP contribution is 2.23. The Bertz CT molecular complexity index is 916. The summed E-state index contributed by atoms with van der Waals surface area (Å²) in [6.07, 6.45) is 2.89. The quantitative estimate of drug-likeness (QED) is 0.389. The fourth-order valence-corrected chi connectivity index (χ4v) is 2.85. The number of benzene rings is 1. The summed E-state index contributed by atoms with van der Waals surface area (Å²) in [5, 5.41) is 11.1. The van der Waals surface area contributed by atoms with Gasteiger partial charge in [0.25, 0.3) is 5.69 Å². The highest BCUT2D eigenvalue weighted by molar-refractivity contribution is 5.97. The van der Waals surface area contributed by atoms with E-state index in [0.717, 1.165) is 12.1 Å². The van der Waals surface area contributed by atoms with Crippen molar-refractivity contribution in [1.82, 2.24) is 4.40 Å². The number of aromatic nitrogens is 1. The molecule has 0 fully saturated rings. The van der Waals surface area contributed by atoms with Crippen LogP contribution in [0.4, 0.5) is 5.69 Å². The first-order chi connectivity index (χ1) is 12.1. The molecule has 3 aromatic rings. The van der Waals surface area contributed by atoms with Crippen molar-refractivity contribution >= 4 is 17.2 Å². The van der Waals surface area contributed by atoms with Crippen molar-refractivity contribution in [2.45, 2.75) is 19.8 Å². The van der Waals surface area contributed by atoms with Crippen LogP contribution in [-0.2, 0) is 17.6 Å². The van der Waals surface area contributed by atoms with Crippen molar-refractivity contribution in [2.24, 2.45) is 0 Å². The number of fused-ring (bicyclic) bond motifs is 1. The van der Waals surface area contributed by atoms with Crippen LogP contribution < -0.4 is 0 Å². The van der Waals surface area contributed by atoms with Gasteiger partial charge < -0.3 is 9.14 Å². The number of carbonyl (C=O) groups is 1. The minimum Gasteiger partial charge on any atom is -0.462 e. The molecule has 0 spiro atoms. The highest BCUT2D eigenvalue weighted by atomic mass is 16.6. The number of ether oxygens (including phenoxy) is 1. The third-order valence-corrected chi connectivity index (χ3v) is 4.05. The first-order valence-electron chi connectivity index (χ1n) is 8.09. The molecule has 2 aromatic heterocycles. The number of hydrogen-bond acceptors (Lipinski definition) is 4. The Balaban J connectivity index is 2.01. The van der Waals surface area contributed by atoms with Gasteiger partial charge in [0.05, 0.1) is 28.8 Å². The summed E-state index contributed by atoms with van der Waals surface area (Å²) in [4.78, 5) is 22.8. The van der Waals surface area contributed by atoms with E-state index < -0.39 is 10.9 Å². The van der Waals surface area contributed by atoms with Crippen LogP contribution in [0.1, 0.15) is 28.5 Å². The van der Waals surface area contributed by atoms with E-state index in [2.05, 4.69) is 0 Å². The van der Waals surface area contributed by atoms with Crippen molar-refractivity contribution < 1.29 is 14.5 Å². The van der Waals surface area contributed by atoms with E-state index in [0.29, 0.717) is 17.5 Å². The first-order valence-corrected chi connectivity index (χ1v) is 8.09. The van der Waals surface area contributed by atoms with Crippen LogP contribution in [0.2, 0.25) is 0 Å². The molecule has 128 valence electrons. The smallest absolute Gasteiger partial charge is 0.340 e. The van der Waals surface area contributed by atoms with E-state index in [1.165, 1.54) is 17.8 Å². The predicted octanol–water partition coefficient (Wildman–Crippen LogP) is 3.81. The lowest BCUT2D eigenvalue weighted by Crippen LogP contribution is -2.04. The van der Waals surface area contributed by atoms with Crippen molar-refractivity contribution in [3.63, 3.8) is 0 Å². The van der Waals surface area contributed by atoms with Crippen LogP contribution in [0.25, 0.3) is 5.52 Å². The van der Waals surface area contributed by atoms with Crippen LogP contribution in [0.5, 0.6) is 0 Å². The maximum absolute atomic E-state index is 12.2. The Morgan fingerprint density at radius 2 is 1.92 bits per heavy atom. The minimum atomic E-state index is -0.440. The SMILES string of the molecule is CCOC(=O)c1cc(CCc2ccccc2)n2cc([N+](=O)[O-])ccc12. The molecule has 0 aliphatic rings. The summed E-state index contributed by atoms with van der Waals surface area (Å²) >= 11 is 0. The van der Waals surface area contributed by atoms with Gasteiger partial charge in [-0.05, 0) is 37.5 Å². The number of rotatable bonds is 6. The molecule has 0 bridgehead atoms. The Labute approximate surface area is 144 Å². The average Bonchev–Trinajstić information content (AvgIpc) is 2.99. The second-order valence-corrected chi connectivity index (χ2v) is 5.66. The molecule has 0 amide bonds. The lowest BCUT2D eigenvalue weighted by molar-refractivity contribution is -0.385. The van der Waals surface area contributed by atoms with Crippen molar-refractivity contribution in [3.05, 3.63) is 81.7 Å². The van der Waals surface area contributed by atoms with Crippen LogP contribution in [0, 0.1) is 10.1 Å². The number of nitro groups is 1. The molecule has 0 aliphatic carbocycles. The van der Waals surface area contributed by atoms with E-state index in [4.69, 9.17) is 4.74 Å². The second-order valence-electron chi connectivity index (χ2n) is 5.66. The monoisotopic (exact) mass is 338 g/mol. The maximum Gasteiger partial charge on any atom is 0.340 e. The Morgan fingerprint density at radius 1 is 1.16 bits per heavy atom. The molecule has 0 atom stereocenters.